The molecule has 0 unspecified atom stereocenters. The number of hydrogen-bond donors (Lipinski definition) is 1. The molecule has 1 aliphatic rings. The third-order valence-corrected chi connectivity index (χ3v) is 5.47. The molecule has 3 heterocycles. The predicted octanol–water partition coefficient (Wildman–Crippen LogP) is 3.89. The summed E-state index contributed by atoms with van der Waals surface area (Å²) in [5, 5.41) is 13.3. The van der Waals surface area contributed by atoms with E-state index in [-0.39, 0.29) is 11.0 Å². The van der Waals surface area contributed by atoms with Crippen molar-refractivity contribution < 1.29 is 18.8 Å². The first-order valence-corrected chi connectivity index (χ1v) is 9.39. The number of nitrogens with zero attached hydrogens (tertiary/aromatic N) is 3. The molecule has 1 aliphatic heterocycles. The average Bonchev–Trinajstić information content (AvgIpc) is 3.33. The summed E-state index contributed by atoms with van der Waals surface area (Å²) in [4.78, 5) is 18.2. The quantitative estimate of drug-likeness (QED) is 0.717. The summed E-state index contributed by atoms with van der Waals surface area (Å²) in [5.41, 5.74) is 0.748. The van der Waals surface area contributed by atoms with Gasteiger partial charge in [-0.3, -0.25) is 4.90 Å². The number of carbonyl (C=O) groups is 1. The van der Waals surface area contributed by atoms with E-state index in [4.69, 9.17) is 8.94 Å². The number of aryl methyl sites for hydroxylation is 1. The van der Waals surface area contributed by atoms with E-state index in [2.05, 4.69) is 22.0 Å². The second kappa shape index (κ2) is 7.24. The van der Waals surface area contributed by atoms with Crippen molar-refractivity contribution in [3.05, 3.63) is 59.4 Å². The molecule has 0 saturated carbocycles. The van der Waals surface area contributed by atoms with E-state index in [1.54, 1.807) is 18.2 Å². The molecule has 0 atom stereocenters. The number of piperidine rings is 1. The third-order valence-electron chi connectivity index (χ3n) is 5.47. The fourth-order valence-corrected chi connectivity index (χ4v) is 3.67. The number of furan rings is 1. The topological polar surface area (TPSA) is 92.6 Å². The van der Waals surface area contributed by atoms with Crippen LogP contribution in [-0.4, -0.2) is 39.2 Å². The van der Waals surface area contributed by atoms with Crippen molar-refractivity contribution in [2.75, 3.05) is 13.1 Å². The van der Waals surface area contributed by atoms with Gasteiger partial charge in [0.05, 0.1) is 12.1 Å². The molecule has 1 fully saturated rings. The number of carboxylic acids is 1. The Morgan fingerprint density at radius 3 is 2.64 bits per heavy atom. The lowest BCUT2D eigenvalue weighted by atomic mass is 9.80. The number of aromatic carboxylic acids is 1. The maximum atomic E-state index is 11.4. The van der Waals surface area contributed by atoms with Crippen LogP contribution in [-0.2, 0) is 12.0 Å². The summed E-state index contributed by atoms with van der Waals surface area (Å²) >= 11 is 0. The van der Waals surface area contributed by atoms with Gasteiger partial charge in [-0.25, -0.2) is 4.79 Å². The lowest BCUT2D eigenvalue weighted by Crippen LogP contribution is -2.40. The molecule has 3 aromatic rings. The Morgan fingerprint density at radius 2 is 1.96 bits per heavy atom. The van der Waals surface area contributed by atoms with Crippen LogP contribution in [0.2, 0.25) is 0 Å². The zero-order chi connectivity index (χ0) is 19.7. The number of likely N-dealkylation sites (tertiary alicyclic amines) is 1. The smallest absolute Gasteiger partial charge is 0.336 e. The van der Waals surface area contributed by atoms with Crippen molar-refractivity contribution in [2.24, 2.45) is 0 Å². The maximum Gasteiger partial charge on any atom is 0.336 e. The lowest BCUT2D eigenvalue weighted by molar-refractivity contribution is 0.0697. The summed E-state index contributed by atoms with van der Waals surface area (Å²) in [6.07, 6.45) is 1.87. The Morgan fingerprint density at radius 1 is 1.21 bits per heavy atom. The zero-order valence-corrected chi connectivity index (χ0v) is 16.0. The molecular weight excluding hydrogens is 358 g/mol. The largest absolute Gasteiger partial charge is 0.478 e. The number of rotatable bonds is 5. The van der Waals surface area contributed by atoms with Crippen molar-refractivity contribution in [3.63, 3.8) is 0 Å². The van der Waals surface area contributed by atoms with Crippen LogP contribution < -0.4 is 0 Å². The van der Waals surface area contributed by atoms with Crippen molar-refractivity contribution in [2.45, 2.75) is 38.6 Å². The second-order valence-corrected chi connectivity index (χ2v) is 7.60. The van der Waals surface area contributed by atoms with Crippen molar-refractivity contribution in [1.29, 1.82) is 0 Å². The van der Waals surface area contributed by atoms with Gasteiger partial charge in [-0.15, -0.1) is 0 Å². The summed E-state index contributed by atoms with van der Waals surface area (Å²) < 4.78 is 11.4. The summed E-state index contributed by atoms with van der Waals surface area (Å²) in [6.45, 7) is 6.50. The number of benzene rings is 1. The first-order chi connectivity index (χ1) is 13.4. The highest BCUT2D eigenvalue weighted by Crippen LogP contribution is 2.35. The molecule has 7 nitrogen and oxygen atoms in total. The minimum atomic E-state index is -0.958. The molecule has 4 rings (SSSR count). The van der Waals surface area contributed by atoms with Crippen LogP contribution in [0, 0.1) is 6.92 Å². The minimum Gasteiger partial charge on any atom is -0.478 e. The second-order valence-electron chi connectivity index (χ2n) is 7.60. The Kier molecular flexibility index (Phi) is 4.77. The van der Waals surface area contributed by atoms with Gasteiger partial charge >= 0.3 is 5.97 Å². The molecule has 0 bridgehead atoms. The number of aromatic nitrogens is 2. The Bertz CT molecular complexity index is 983. The molecule has 0 aliphatic carbocycles. The molecule has 1 aromatic carbocycles. The Hall–Kier alpha value is -2.93. The van der Waals surface area contributed by atoms with Crippen LogP contribution in [0.25, 0.3) is 11.3 Å². The molecular formula is C21H23N3O4. The molecule has 0 amide bonds. The van der Waals surface area contributed by atoms with Gasteiger partial charge in [0.1, 0.15) is 11.5 Å². The Labute approximate surface area is 163 Å². The van der Waals surface area contributed by atoms with Gasteiger partial charge in [0.15, 0.2) is 5.82 Å². The molecule has 0 radical (unpaired) electrons. The molecule has 7 heteroatoms. The van der Waals surface area contributed by atoms with E-state index in [1.807, 2.05) is 25.1 Å². The monoisotopic (exact) mass is 381 g/mol. The van der Waals surface area contributed by atoms with Gasteiger partial charge in [-0.05, 0) is 51.1 Å². The van der Waals surface area contributed by atoms with Gasteiger partial charge in [0, 0.05) is 11.0 Å². The van der Waals surface area contributed by atoms with Crippen LogP contribution in [0.4, 0.5) is 0 Å². The maximum absolute atomic E-state index is 11.4. The van der Waals surface area contributed by atoms with Gasteiger partial charge in [-0.1, -0.05) is 30.3 Å². The summed E-state index contributed by atoms with van der Waals surface area (Å²) in [6, 6.07) is 10.6. The van der Waals surface area contributed by atoms with Crippen LogP contribution in [0.1, 0.15) is 47.6 Å². The van der Waals surface area contributed by atoms with E-state index >= 15 is 0 Å². The molecule has 146 valence electrons. The molecule has 2 aromatic heterocycles. The van der Waals surface area contributed by atoms with Gasteiger partial charge in [0.2, 0.25) is 5.89 Å². The average molecular weight is 381 g/mol. The van der Waals surface area contributed by atoms with Crippen LogP contribution in [0.3, 0.4) is 0 Å². The van der Waals surface area contributed by atoms with Gasteiger partial charge in [0.25, 0.3) is 0 Å². The van der Waals surface area contributed by atoms with Crippen molar-refractivity contribution in [1.82, 2.24) is 15.0 Å². The van der Waals surface area contributed by atoms with Gasteiger partial charge < -0.3 is 14.0 Å². The molecule has 1 saturated heterocycles. The first-order valence-electron chi connectivity index (χ1n) is 9.39. The fraction of sp³-hybridized carbons (Fsp3) is 0.381. The first kappa shape index (κ1) is 18.4. The minimum absolute atomic E-state index is 0.0908. The molecule has 0 spiro atoms. The van der Waals surface area contributed by atoms with E-state index < -0.39 is 5.97 Å². The number of carboxylic acid groups (broad SMARTS) is 1. The summed E-state index contributed by atoms with van der Waals surface area (Å²) in [5.74, 6) is 1.84. The van der Waals surface area contributed by atoms with Crippen molar-refractivity contribution in [3.8, 4) is 11.3 Å². The third kappa shape index (κ3) is 3.57. The SMILES string of the molecule is Cc1noc(C2(C)CCN(Cc3ccc(-c4ccccc4C(=O)O)o3)CC2)n1. The van der Waals surface area contributed by atoms with E-state index in [9.17, 15) is 9.90 Å². The fourth-order valence-electron chi connectivity index (χ4n) is 3.67. The Balaban J connectivity index is 1.43. The molecule has 1 N–H and O–H groups in total. The van der Waals surface area contributed by atoms with E-state index in [0.717, 1.165) is 37.6 Å². The van der Waals surface area contributed by atoms with Crippen LogP contribution in [0.5, 0.6) is 0 Å². The van der Waals surface area contributed by atoms with Crippen LogP contribution >= 0.6 is 0 Å². The normalized spacial score (nSPS) is 16.9. The number of hydrogen-bond acceptors (Lipinski definition) is 6. The van der Waals surface area contributed by atoms with Gasteiger partial charge in [-0.2, -0.15) is 4.98 Å². The highest BCUT2D eigenvalue weighted by atomic mass is 16.5. The predicted molar refractivity (Wildman–Crippen MR) is 102 cm³/mol. The van der Waals surface area contributed by atoms with Crippen molar-refractivity contribution >= 4 is 5.97 Å². The van der Waals surface area contributed by atoms with E-state index in [1.165, 1.54) is 0 Å². The zero-order valence-electron chi connectivity index (χ0n) is 16.0. The molecule has 28 heavy (non-hydrogen) atoms. The standard InChI is InChI=1S/C21H23N3O4/c1-14-22-20(28-23-14)21(2)9-11-24(12-10-21)13-15-7-8-18(27-15)16-5-3-4-6-17(16)19(25)26/h3-8H,9-13H2,1-2H3,(H,25,26). The highest BCUT2D eigenvalue weighted by molar-refractivity contribution is 5.95. The summed E-state index contributed by atoms with van der Waals surface area (Å²) in [7, 11) is 0. The highest BCUT2D eigenvalue weighted by Gasteiger charge is 2.36. The van der Waals surface area contributed by atoms with Crippen LogP contribution in [0.15, 0.2) is 45.3 Å². The van der Waals surface area contributed by atoms with E-state index in [0.29, 0.717) is 23.7 Å². The lowest BCUT2D eigenvalue weighted by Gasteiger charge is -2.36.